The number of halogens is 1. The molecule has 0 heterocycles. The first kappa shape index (κ1) is 22.2. The summed E-state index contributed by atoms with van der Waals surface area (Å²) in [4.78, 5) is 12.7. The van der Waals surface area contributed by atoms with Crippen molar-refractivity contribution in [2.45, 2.75) is 33.2 Å². The van der Waals surface area contributed by atoms with Gasteiger partial charge in [-0.1, -0.05) is 61.8 Å². The Morgan fingerprint density at radius 3 is 2.32 bits per heavy atom. The average Bonchev–Trinajstić information content (AvgIpc) is 2.61. The van der Waals surface area contributed by atoms with Crippen molar-refractivity contribution in [2.24, 2.45) is 5.92 Å². The van der Waals surface area contributed by atoms with Gasteiger partial charge in [0, 0.05) is 5.02 Å². The fraction of sp³-hybridized carbons (Fsp3) is 0.381. The van der Waals surface area contributed by atoms with E-state index < -0.39 is 10.0 Å². The van der Waals surface area contributed by atoms with E-state index in [-0.39, 0.29) is 18.5 Å². The Morgan fingerprint density at radius 2 is 1.79 bits per heavy atom. The summed E-state index contributed by atoms with van der Waals surface area (Å²) >= 11 is 6.14. The number of hydrogen-bond donors (Lipinski definition) is 1. The number of rotatable bonds is 8. The third kappa shape index (κ3) is 6.24. The van der Waals surface area contributed by atoms with Crippen molar-refractivity contribution in [2.75, 3.05) is 17.1 Å². The number of nitrogens with one attached hydrogen (secondary N) is 1. The first-order chi connectivity index (χ1) is 13.1. The van der Waals surface area contributed by atoms with Crippen LogP contribution >= 0.6 is 11.6 Å². The van der Waals surface area contributed by atoms with Gasteiger partial charge in [-0.2, -0.15) is 0 Å². The van der Waals surface area contributed by atoms with Crippen molar-refractivity contribution in [3.8, 4) is 0 Å². The van der Waals surface area contributed by atoms with Gasteiger partial charge in [0.1, 0.15) is 6.54 Å². The predicted octanol–water partition coefficient (Wildman–Crippen LogP) is 4.32. The van der Waals surface area contributed by atoms with Gasteiger partial charge in [-0.15, -0.1) is 0 Å². The Hall–Kier alpha value is -2.05. The van der Waals surface area contributed by atoms with Crippen LogP contribution in [0.4, 0.5) is 5.69 Å². The van der Waals surface area contributed by atoms with Gasteiger partial charge in [0.05, 0.1) is 18.0 Å². The highest BCUT2D eigenvalue weighted by Gasteiger charge is 2.23. The van der Waals surface area contributed by atoms with E-state index in [1.807, 2.05) is 37.3 Å². The molecule has 7 heteroatoms. The van der Waals surface area contributed by atoms with Crippen molar-refractivity contribution in [1.82, 2.24) is 5.32 Å². The van der Waals surface area contributed by atoms with Crippen LogP contribution in [0.2, 0.25) is 5.02 Å². The molecule has 0 aromatic heterocycles. The number of amides is 1. The predicted molar refractivity (Wildman–Crippen MR) is 115 cm³/mol. The molecule has 0 aliphatic rings. The van der Waals surface area contributed by atoms with Crippen molar-refractivity contribution >= 4 is 33.2 Å². The molecule has 152 valence electrons. The summed E-state index contributed by atoms with van der Waals surface area (Å²) in [5, 5.41) is 3.44. The molecule has 0 spiro atoms. The van der Waals surface area contributed by atoms with E-state index in [0.29, 0.717) is 16.6 Å². The summed E-state index contributed by atoms with van der Waals surface area (Å²) in [6.45, 7) is 5.69. The quantitative estimate of drug-likeness (QED) is 0.688. The highest BCUT2D eigenvalue weighted by Crippen LogP contribution is 2.25. The molecule has 1 amide bonds. The normalized spacial score (nSPS) is 12.6. The van der Waals surface area contributed by atoms with Gasteiger partial charge in [0.15, 0.2) is 0 Å². The number of anilines is 1. The first-order valence-electron chi connectivity index (χ1n) is 9.16. The number of aryl methyl sites for hydroxylation is 1. The monoisotopic (exact) mass is 422 g/mol. The summed E-state index contributed by atoms with van der Waals surface area (Å²) in [5.74, 6) is 0.00375. The molecule has 2 aromatic carbocycles. The Bertz CT molecular complexity index is 915. The van der Waals surface area contributed by atoms with E-state index in [0.717, 1.165) is 28.1 Å². The smallest absolute Gasteiger partial charge is 0.241 e. The van der Waals surface area contributed by atoms with Gasteiger partial charge in [-0.05, 0) is 42.5 Å². The second kappa shape index (κ2) is 9.43. The second-order valence-corrected chi connectivity index (χ2v) is 9.68. The molecule has 5 nitrogen and oxygen atoms in total. The summed E-state index contributed by atoms with van der Waals surface area (Å²) in [6, 6.07) is 14.5. The van der Waals surface area contributed by atoms with E-state index in [2.05, 4.69) is 19.2 Å². The molecule has 0 radical (unpaired) electrons. The molecule has 2 rings (SSSR count). The number of benzene rings is 2. The molecular formula is C21H27ClN2O3S. The van der Waals surface area contributed by atoms with Crippen LogP contribution < -0.4 is 9.62 Å². The first-order valence-corrected chi connectivity index (χ1v) is 11.4. The molecule has 0 aliphatic heterocycles. The fourth-order valence-corrected chi connectivity index (χ4v) is 3.97. The van der Waals surface area contributed by atoms with E-state index in [4.69, 9.17) is 11.6 Å². The SMILES string of the molecule is Cc1ccc(N(CC(=O)N[C@H](CC(C)C)c2ccccc2)S(C)(=O)=O)cc1Cl. The lowest BCUT2D eigenvalue weighted by atomic mass is 9.97. The summed E-state index contributed by atoms with van der Waals surface area (Å²) in [5.41, 5.74) is 2.20. The lowest BCUT2D eigenvalue weighted by Gasteiger charge is -2.25. The second-order valence-electron chi connectivity index (χ2n) is 7.36. The Labute approximate surface area is 172 Å². The number of sulfonamides is 1. The maximum atomic E-state index is 12.7. The molecule has 1 N–H and O–H groups in total. The number of carbonyl (C=O) groups is 1. The van der Waals surface area contributed by atoms with Gasteiger partial charge in [-0.25, -0.2) is 8.42 Å². The van der Waals surface area contributed by atoms with Crippen LogP contribution in [0.5, 0.6) is 0 Å². The van der Waals surface area contributed by atoms with Crippen LogP contribution in [-0.4, -0.2) is 27.1 Å². The molecule has 1 atom stereocenters. The highest BCUT2D eigenvalue weighted by molar-refractivity contribution is 7.92. The molecule has 0 fully saturated rings. The molecular weight excluding hydrogens is 396 g/mol. The standard InChI is InChI=1S/C21H27ClN2O3S/c1-15(2)12-20(17-8-6-5-7-9-17)23-21(25)14-24(28(4,26)27)18-11-10-16(3)19(22)13-18/h5-11,13,15,20H,12,14H2,1-4H3,(H,23,25)/t20-/m1/s1. The lowest BCUT2D eigenvalue weighted by molar-refractivity contribution is -0.120. The summed E-state index contributed by atoms with van der Waals surface area (Å²) in [6.07, 6.45) is 1.84. The average molecular weight is 423 g/mol. The third-order valence-electron chi connectivity index (χ3n) is 4.38. The number of carbonyl (C=O) groups excluding carboxylic acids is 1. The Morgan fingerprint density at radius 1 is 1.14 bits per heavy atom. The zero-order valence-corrected chi connectivity index (χ0v) is 18.2. The molecule has 0 bridgehead atoms. The van der Waals surface area contributed by atoms with Gasteiger partial charge in [0.2, 0.25) is 15.9 Å². The van der Waals surface area contributed by atoms with Crippen molar-refractivity contribution in [3.05, 3.63) is 64.7 Å². The topological polar surface area (TPSA) is 66.5 Å². The van der Waals surface area contributed by atoms with E-state index in [1.54, 1.807) is 18.2 Å². The van der Waals surface area contributed by atoms with Crippen LogP contribution in [0.25, 0.3) is 0 Å². The summed E-state index contributed by atoms with van der Waals surface area (Å²) in [7, 11) is -3.65. The maximum Gasteiger partial charge on any atom is 0.241 e. The van der Waals surface area contributed by atoms with Crippen molar-refractivity contribution in [1.29, 1.82) is 0 Å². The molecule has 2 aromatic rings. The minimum Gasteiger partial charge on any atom is -0.348 e. The van der Waals surface area contributed by atoms with E-state index in [9.17, 15) is 13.2 Å². The minimum atomic E-state index is -3.65. The van der Waals surface area contributed by atoms with Gasteiger partial charge >= 0.3 is 0 Å². The van der Waals surface area contributed by atoms with Crippen molar-refractivity contribution in [3.63, 3.8) is 0 Å². The Balaban J connectivity index is 2.23. The van der Waals surface area contributed by atoms with Gasteiger partial charge in [-0.3, -0.25) is 9.10 Å². The largest absolute Gasteiger partial charge is 0.348 e. The van der Waals surface area contributed by atoms with Gasteiger partial charge in [0.25, 0.3) is 0 Å². The zero-order valence-electron chi connectivity index (χ0n) is 16.6. The third-order valence-corrected chi connectivity index (χ3v) is 5.92. The number of hydrogen-bond acceptors (Lipinski definition) is 3. The fourth-order valence-electron chi connectivity index (χ4n) is 2.94. The number of nitrogens with zero attached hydrogens (tertiary/aromatic N) is 1. The maximum absolute atomic E-state index is 12.7. The van der Waals surface area contributed by atoms with Crippen molar-refractivity contribution < 1.29 is 13.2 Å². The molecule has 0 saturated heterocycles. The van der Waals surface area contributed by atoms with Crippen LogP contribution in [0.3, 0.4) is 0 Å². The molecule has 0 saturated carbocycles. The van der Waals surface area contributed by atoms with E-state index in [1.165, 1.54) is 0 Å². The minimum absolute atomic E-state index is 0.184. The Kier molecular flexibility index (Phi) is 7.49. The van der Waals surface area contributed by atoms with Crippen LogP contribution in [0.15, 0.2) is 48.5 Å². The highest BCUT2D eigenvalue weighted by atomic mass is 35.5. The molecule has 0 aliphatic carbocycles. The van der Waals surface area contributed by atoms with Crippen LogP contribution in [-0.2, 0) is 14.8 Å². The molecule has 0 unspecified atom stereocenters. The van der Waals surface area contributed by atoms with Gasteiger partial charge < -0.3 is 5.32 Å². The lowest BCUT2D eigenvalue weighted by Crippen LogP contribution is -2.41. The van der Waals surface area contributed by atoms with Crippen LogP contribution in [0, 0.1) is 12.8 Å². The zero-order chi connectivity index (χ0) is 20.9. The van der Waals surface area contributed by atoms with Crippen LogP contribution in [0.1, 0.15) is 37.4 Å². The summed E-state index contributed by atoms with van der Waals surface area (Å²) < 4.78 is 25.7. The van der Waals surface area contributed by atoms with E-state index >= 15 is 0 Å². The molecule has 28 heavy (non-hydrogen) atoms.